The second-order valence-corrected chi connectivity index (χ2v) is 15.4. The number of ether oxygens (including phenoxy) is 2. The van der Waals surface area contributed by atoms with Crippen molar-refractivity contribution in [3.8, 4) is 11.5 Å². The molecule has 0 bridgehead atoms. The van der Waals surface area contributed by atoms with Gasteiger partial charge >= 0.3 is 6.03 Å². The van der Waals surface area contributed by atoms with Crippen LogP contribution < -0.4 is 24.6 Å². The van der Waals surface area contributed by atoms with Gasteiger partial charge in [-0.05, 0) is 111 Å². The van der Waals surface area contributed by atoms with Crippen molar-refractivity contribution in [3.63, 3.8) is 0 Å². The number of benzene rings is 5. The molecule has 0 aliphatic carbocycles. The van der Waals surface area contributed by atoms with Crippen molar-refractivity contribution >= 4 is 73.8 Å². The van der Waals surface area contributed by atoms with Gasteiger partial charge in [0.2, 0.25) is 0 Å². The molecule has 3 heterocycles. The van der Waals surface area contributed by atoms with Crippen molar-refractivity contribution in [1.82, 2.24) is 5.32 Å². The van der Waals surface area contributed by atoms with E-state index in [9.17, 15) is 14.4 Å². The summed E-state index contributed by atoms with van der Waals surface area (Å²) in [5.74, 6) is -0.284. The molecule has 3 aliphatic heterocycles. The fourth-order valence-electron chi connectivity index (χ4n) is 7.73. The first-order chi connectivity index (χ1) is 25.8. The number of rotatable bonds is 8. The number of imide groups is 2. The van der Waals surface area contributed by atoms with E-state index in [1.165, 1.54) is 22.9 Å². The quantitative estimate of drug-likeness (QED) is 0.0951. The summed E-state index contributed by atoms with van der Waals surface area (Å²) in [6, 6.07) is 35.4. The predicted octanol–water partition coefficient (Wildman–Crippen LogP) is 9.19. The highest BCUT2D eigenvalue weighted by Crippen LogP contribution is 2.50. The second-order valence-electron chi connectivity index (χ2n) is 13.4. The molecule has 0 radical (unpaired) electrons. The first-order valence-electron chi connectivity index (χ1n) is 17.5. The number of hydrogen-bond donors (Lipinski definition) is 1. The maximum absolute atomic E-state index is 14.4. The summed E-state index contributed by atoms with van der Waals surface area (Å²) in [5, 5.41) is 2.44. The average Bonchev–Trinajstić information content (AvgIpc) is 3.17. The molecule has 0 unspecified atom stereocenters. The molecule has 8 nitrogen and oxygen atoms in total. The molecule has 0 spiro atoms. The molecule has 0 aromatic heterocycles. The van der Waals surface area contributed by atoms with Crippen LogP contribution in [0, 0.1) is 3.57 Å². The minimum Gasteiger partial charge on any atom is -0.493 e. The molecule has 1 N–H and O–H groups in total. The number of amides is 4. The maximum atomic E-state index is 14.4. The highest BCUT2D eigenvalue weighted by molar-refractivity contribution is 14.1. The zero-order valence-corrected chi connectivity index (χ0v) is 32.6. The fourth-order valence-corrected chi connectivity index (χ4v) is 8.77. The van der Waals surface area contributed by atoms with Crippen molar-refractivity contribution in [2.24, 2.45) is 0 Å². The fraction of sp³-hybridized carbons (Fsp3) is 0.186. The van der Waals surface area contributed by atoms with Crippen molar-refractivity contribution in [2.75, 3.05) is 30.0 Å². The highest BCUT2D eigenvalue weighted by atomic mass is 127. The number of methoxy groups -OCH3 is 1. The van der Waals surface area contributed by atoms with E-state index < -0.39 is 17.8 Å². The zero-order chi connectivity index (χ0) is 36.6. The number of nitrogens with one attached hydrogen (secondary N) is 1. The Bertz CT molecular complexity index is 2190. The Kier molecular flexibility index (Phi) is 9.82. The molecule has 0 saturated carbocycles. The van der Waals surface area contributed by atoms with Crippen LogP contribution in [0.15, 0.2) is 119 Å². The summed E-state index contributed by atoms with van der Waals surface area (Å²) in [5.41, 5.74) is 7.54. The summed E-state index contributed by atoms with van der Waals surface area (Å²) < 4.78 is 13.6. The SMILES string of the molecule is COc1cc(/C=C2\C(=O)NC(=O)N(c3cc4c5c(c3)[C@H](c3ccccc3)CCN5CC[C@H]4c3ccccc3)C2=O)cc(I)c1OCc1ccc(Br)cc1. The lowest BCUT2D eigenvalue weighted by molar-refractivity contribution is -0.122. The van der Waals surface area contributed by atoms with Crippen LogP contribution in [0.25, 0.3) is 6.08 Å². The largest absolute Gasteiger partial charge is 0.493 e. The van der Waals surface area contributed by atoms with Gasteiger partial charge in [-0.15, -0.1) is 0 Å². The van der Waals surface area contributed by atoms with E-state index in [0.717, 1.165) is 55.6 Å². The van der Waals surface area contributed by atoms with Gasteiger partial charge in [0, 0.05) is 35.1 Å². The molecule has 3 aliphatic rings. The van der Waals surface area contributed by atoms with Gasteiger partial charge < -0.3 is 14.4 Å². The van der Waals surface area contributed by atoms with Gasteiger partial charge in [0.15, 0.2) is 11.5 Å². The van der Waals surface area contributed by atoms with Crippen LogP contribution in [0.2, 0.25) is 0 Å². The average molecular weight is 881 g/mol. The van der Waals surface area contributed by atoms with Gasteiger partial charge in [0.05, 0.1) is 16.4 Å². The molecule has 266 valence electrons. The van der Waals surface area contributed by atoms with Gasteiger partial charge in [0.25, 0.3) is 11.8 Å². The molecule has 8 rings (SSSR count). The van der Waals surface area contributed by atoms with Crippen molar-refractivity contribution < 1.29 is 23.9 Å². The number of carbonyl (C=O) groups is 3. The third-order valence-electron chi connectivity index (χ3n) is 10.2. The highest BCUT2D eigenvalue weighted by Gasteiger charge is 2.40. The smallest absolute Gasteiger partial charge is 0.335 e. The molecule has 2 atom stereocenters. The van der Waals surface area contributed by atoms with Crippen LogP contribution in [-0.2, 0) is 16.2 Å². The molecule has 1 saturated heterocycles. The normalized spacial score (nSPS) is 18.8. The van der Waals surface area contributed by atoms with Crippen LogP contribution in [0.3, 0.4) is 0 Å². The lowest BCUT2D eigenvalue weighted by Gasteiger charge is -2.44. The molecular weight excluding hydrogens is 845 g/mol. The second kappa shape index (κ2) is 14.8. The summed E-state index contributed by atoms with van der Waals surface area (Å²) in [4.78, 5) is 45.0. The Hall–Kier alpha value is -4.94. The Balaban J connectivity index is 1.18. The van der Waals surface area contributed by atoms with Gasteiger partial charge in [-0.25, -0.2) is 9.69 Å². The van der Waals surface area contributed by atoms with Crippen LogP contribution in [0.5, 0.6) is 11.5 Å². The van der Waals surface area contributed by atoms with Gasteiger partial charge in [-0.1, -0.05) is 88.7 Å². The van der Waals surface area contributed by atoms with Crippen molar-refractivity contribution in [3.05, 3.63) is 156 Å². The van der Waals surface area contributed by atoms with Crippen LogP contribution >= 0.6 is 38.5 Å². The number of barbiturate groups is 1. The van der Waals surface area contributed by atoms with E-state index in [1.807, 2.05) is 78.9 Å². The number of nitrogens with zero attached hydrogens (tertiary/aromatic N) is 2. The number of urea groups is 1. The first-order valence-corrected chi connectivity index (χ1v) is 19.3. The zero-order valence-electron chi connectivity index (χ0n) is 28.9. The summed E-state index contributed by atoms with van der Waals surface area (Å²) in [6.45, 7) is 2.16. The minimum atomic E-state index is -0.774. The number of hydrogen-bond acceptors (Lipinski definition) is 6. The molecule has 53 heavy (non-hydrogen) atoms. The third kappa shape index (κ3) is 6.86. The lowest BCUT2D eigenvalue weighted by Crippen LogP contribution is -2.54. The van der Waals surface area contributed by atoms with E-state index in [2.05, 4.69) is 73.0 Å². The molecule has 5 aromatic rings. The van der Waals surface area contributed by atoms with E-state index in [-0.39, 0.29) is 17.4 Å². The molecule has 4 amide bonds. The Morgan fingerprint density at radius 3 is 2.02 bits per heavy atom. The maximum Gasteiger partial charge on any atom is 0.335 e. The monoisotopic (exact) mass is 879 g/mol. The van der Waals surface area contributed by atoms with Crippen LogP contribution in [-0.4, -0.2) is 38.0 Å². The van der Waals surface area contributed by atoms with E-state index >= 15 is 0 Å². The third-order valence-corrected chi connectivity index (χ3v) is 11.5. The first kappa shape index (κ1) is 35.1. The van der Waals surface area contributed by atoms with E-state index in [1.54, 1.807) is 13.2 Å². The van der Waals surface area contributed by atoms with E-state index in [4.69, 9.17) is 9.47 Å². The molecular formula is C43H35BrIN3O5. The number of carbonyl (C=O) groups excluding carboxylic acids is 3. The topological polar surface area (TPSA) is 88.2 Å². The van der Waals surface area contributed by atoms with Gasteiger partial charge in [-0.3, -0.25) is 14.9 Å². The Labute approximate surface area is 330 Å². The molecule has 5 aromatic carbocycles. The van der Waals surface area contributed by atoms with Gasteiger partial charge in [0.1, 0.15) is 12.2 Å². The lowest BCUT2D eigenvalue weighted by atomic mass is 9.76. The van der Waals surface area contributed by atoms with Crippen molar-refractivity contribution in [2.45, 2.75) is 31.3 Å². The predicted molar refractivity (Wildman–Crippen MR) is 218 cm³/mol. The van der Waals surface area contributed by atoms with Crippen molar-refractivity contribution in [1.29, 1.82) is 0 Å². The number of anilines is 2. The Morgan fingerprint density at radius 1 is 0.830 bits per heavy atom. The van der Waals surface area contributed by atoms with E-state index in [0.29, 0.717) is 29.4 Å². The molecule has 10 heteroatoms. The summed E-state index contributed by atoms with van der Waals surface area (Å²) >= 11 is 5.61. The molecule has 1 fully saturated rings. The van der Waals surface area contributed by atoms with Crippen LogP contribution in [0.1, 0.15) is 58.1 Å². The summed E-state index contributed by atoms with van der Waals surface area (Å²) in [6.07, 6.45) is 3.32. The minimum absolute atomic E-state index is 0.0781. The number of halogens is 2. The standard InChI is InChI=1S/C43H35BrIN3O5/c1-52-38-22-27(21-37(45)40(38)53-25-26-12-14-30(44)15-13-26)20-36-41(49)46-43(51)48(42(36)50)31-23-34-32(28-8-4-2-5-9-28)16-18-47-19-17-33(35(24-31)39(34)47)29-10-6-3-7-11-29/h2-15,20-24,32-33H,16-19,25H2,1H3,(H,46,49,51)/b36-20+/t32-,33-/m0/s1. The van der Waals surface area contributed by atoms with Gasteiger partial charge in [-0.2, -0.15) is 0 Å². The Morgan fingerprint density at radius 2 is 1.43 bits per heavy atom. The van der Waals surface area contributed by atoms with Crippen LogP contribution in [0.4, 0.5) is 16.2 Å². The summed E-state index contributed by atoms with van der Waals surface area (Å²) in [7, 11) is 1.54.